The van der Waals surface area contributed by atoms with Crippen LogP contribution in [-0.4, -0.2) is 14.9 Å². The number of rotatable bonds is 5. The fourth-order valence-electron chi connectivity index (χ4n) is 2.01. The molecule has 0 bridgehead atoms. The van der Waals surface area contributed by atoms with E-state index in [0.717, 1.165) is 34.1 Å². The number of hydrogen-bond donors (Lipinski definition) is 1. The molecule has 0 amide bonds. The van der Waals surface area contributed by atoms with E-state index in [1.54, 1.807) is 4.68 Å². The van der Waals surface area contributed by atoms with Crippen molar-refractivity contribution in [3.63, 3.8) is 0 Å². The van der Waals surface area contributed by atoms with E-state index < -0.39 is 0 Å². The van der Waals surface area contributed by atoms with Crippen molar-refractivity contribution >= 4 is 27.5 Å². The molecule has 0 aliphatic carbocycles. The number of aryl methyl sites for hydroxylation is 1. The summed E-state index contributed by atoms with van der Waals surface area (Å²) in [6, 6.07) is 7.98. The summed E-state index contributed by atoms with van der Waals surface area (Å²) in [5.74, 6) is 0. The van der Waals surface area contributed by atoms with E-state index in [1.807, 2.05) is 24.3 Å². The van der Waals surface area contributed by atoms with Gasteiger partial charge in [0.15, 0.2) is 0 Å². The minimum absolute atomic E-state index is 0.0654. The third-order valence-corrected chi connectivity index (χ3v) is 4.19. The molecule has 102 valence electrons. The highest BCUT2D eigenvalue weighted by molar-refractivity contribution is 9.10. The topological polar surface area (TPSA) is 38.0 Å². The fourth-order valence-corrected chi connectivity index (χ4v) is 2.69. The molecule has 0 spiro atoms. The van der Waals surface area contributed by atoms with Crippen molar-refractivity contribution in [1.29, 1.82) is 0 Å². The van der Waals surface area contributed by atoms with E-state index in [-0.39, 0.29) is 6.61 Å². The number of halogens is 2. The van der Waals surface area contributed by atoms with Crippen LogP contribution in [0.15, 0.2) is 28.7 Å². The molecule has 0 saturated carbocycles. The Hall–Kier alpha value is -0.840. The molecule has 0 unspecified atom stereocenters. The summed E-state index contributed by atoms with van der Waals surface area (Å²) >= 11 is 9.81. The molecular formula is C14H16BrClN2O. The van der Waals surface area contributed by atoms with Crippen molar-refractivity contribution in [1.82, 2.24) is 9.78 Å². The second-order valence-electron chi connectivity index (χ2n) is 4.37. The van der Waals surface area contributed by atoms with E-state index in [1.165, 1.54) is 0 Å². The molecule has 2 rings (SSSR count). The Morgan fingerprint density at radius 2 is 2.11 bits per heavy atom. The Morgan fingerprint density at radius 1 is 1.37 bits per heavy atom. The molecule has 0 atom stereocenters. The van der Waals surface area contributed by atoms with Crippen molar-refractivity contribution in [3.8, 4) is 0 Å². The van der Waals surface area contributed by atoms with Gasteiger partial charge in [0.1, 0.15) is 5.15 Å². The zero-order valence-electron chi connectivity index (χ0n) is 10.7. The summed E-state index contributed by atoms with van der Waals surface area (Å²) < 4.78 is 2.78. The van der Waals surface area contributed by atoms with Crippen LogP contribution < -0.4 is 0 Å². The fraction of sp³-hybridized carbons (Fsp3) is 0.357. The molecule has 19 heavy (non-hydrogen) atoms. The van der Waals surface area contributed by atoms with E-state index >= 15 is 0 Å². The van der Waals surface area contributed by atoms with Crippen molar-refractivity contribution in [3.05, 3.63) is 50.7 Å². The summed E-state index contributed by atoms with van der Waals surface area (Å²) in [5, 5.41) is 14.5. The van der Waals surface area contributed by atoms with Gasteiger partial charge < -0.3 is 5.11 Å². The Bertz CT molecular complexity index is 569. The molecule has 0 aliphatic rings. The summed E-state index contributed by atoms with van der Waals surface area (Å²) in [5.41, 5.74) is 2.75. The van der Waals surface area contributed by atoms with Gasteiger partial charge in [0.05, 0.1) is 18.8 Å². The van der Waals surface area contributed by atoms with Crippen LogP contribution in [0.5, 0.6) is 0 Å². The van der Waals surface area contributed by atoms with Gasteiger partial charge in [-0.3, -0.25) is 0 Å². The van der Waals surface area contributed by atoms with Gasteiger partial charge >= 0.3 is 0 Å². The van der Waals surface area contributed by atoms with Crippen LogP contribution in [0.25, 0.3) is 0 Å². The highest BCUT2D eigenvalue weighted by Gasteiger charge is 2.15. The molecule has 5 heteroatoms. The van der Waals surface area contributed by atoms with Crippen LogP contribution in [0, 0.1) is 0 Å². The number of benzene rings is 1. The minimum atomic E-state index is -0.0654. The largest absolute Gasteiger partial charge is 0.391 e. The van der Waals surface area contributed by atoms with E-state index in [2.05, 4.69) is 28.0 Å². The first-order valence-electron chi connectivity index (χ1n) is 6.25. The number of hydrogen-bond acceptors (Lipinski definition) is 2. The highest BCUT2D eigenvalue weighted by Crippen LogP contribution is 2.24. The van der Waals surface area contributed by atoms with E-state index in [9.17, 15) is 5.11 Å². The smallest absolute Gasteiger partial charge is 0.133 e. The predicted molar refractivity (Wildman–Crippen MR) is 80.4 cm³/mol. The van der Waals surface area contributed by atoms with Gasteiger partial charge in [-0.25, -0.2) is 4.68 Å². The van der Waals surface area contributed by atoms with Crippen molar-refractivity contribution in [2.75, 3.05) is 0 Å². The van der Waals surface area contributed by atoms with E-state index in [4.69, 9.17) is 11.6 Å². The van der Waals surface area contributed by atoms with Crippen LogP contribution in [0.2, 0.25) is 5.15 Å². The Kier molecular flexibility index (Phi) is 5.02. The van der Waals surface area contributed by atoms with Crippen LogP contribution in [0.3, 0.4) is 0 Å². The molecule has 1 aromatic carbocycles. The number of aliphatic hydroxyl groups is 1. The van der Waals surface area contributed by atoms with Gasteiger partial charge in [0.25, 0.3) is 0 Å². The first kappa shape index (κ1) is 14.6. The zero-order valence-corrected chi connectivity index (χ0v) is 13.1. The molecule has 3 nitrogen and oxygen atoms in total. The SMILES string of the molecule is CCCc1nn(Cc2ccccc2Br)c(Cl)c1CO. The lowest BCUT2D eigenvalue weighted by molar-refractivity contribution is 0.280. The lowest BCUT2D eigenvalue weighted by Gasteiger charge is -2.05. The van der Waals surface area contributed by atoms with Crippen LogP contribution in [0.4, 0.5) is 0 Å². The molecule has 2 aromatic rings. The Labute approximate surface area is 126 Å². The lowest BCUT2D eigenvalue weighted by atomic mass is 10.2. The quantitative estimate of drug-likeness (QED) is 0.897. The normalized spacial score (nSPS) is 10.9. The lowest BCUT2D eigenvalue weighted by Crippen LogP contribution is -2.03. The van der Waals surface area contributed by atoms with Crippen LogP contribution in [-0.2, 0) is 19.6 Å². The van der Waals surface area contributed by atoms with Gasteiger partial charge in [-0.1, -0.05) is 59.1 Å². The molecule has 1 aromatic heterocycles. The van der Waals surface area contributed by atoms with Crippen LogP contribution in [0.1, 0.15) is 30.2 Å². The monoisotopic (exact) mass is 342 g/mol. The van der Waals surface area contributed by atoms with Crippen molar-refractivity contribution < 1.29 is 5.11 Å². The Morgan fingerprint density at radius 3 is 2.74 bits per heavy atom. The Balaban J connectivity index is 2.33. The summed E-state index contributed by atoms with van der Waals surface area (Å²) in [4.78, 5) is 0. The molecule has 1 heterocycles. The molecule has 0 saturated heterocycles. The summed E-state index contributed by atoms with van der Waals surface area (Å²) in [6.45, 7) is 2.61. The van der Waals surface area contributed by atoms with Gasteiger partial charge in [0, 0.05) is 10.0 Å². The van der Waals surface area contributed by atoms with E-state index in [0.29, 0.717) is 11.7 Å². The third-order valence-electron chi connectivity index (χ3n) is 2.99. The standard InChI is InChI=1S/C14H16BrClN2O/c1-2-5-13-11(9-19)14(16)18(17-13)8-10-6-3-4-7-12(10)15/h3-4,6-7,19H,2,5,8-9H2,1H3. The van der Waals surface area contributed by atoms with Gasteiger partial charge in [0.2, 0.25) is 0 Å². The van der Waals surface area contributed by atoms with Crippen LogP contribution >= 0.6 is 27.5 Å². The number of aliphatic hydroxyl groups excluding tert-OH is 1. The first-order chi connectivity index (χ1) is 9.17. The molecular weight excluding hydrogens is 328 g/mol. The predicted octanol–water partition coefficient (Wildman–Crippen LogP) is 3.79. The van der Waals surface area contributed by atoms with Gasteiger partial charge in [-0.15, -0.1) is 0 Å². The molecule has 0 radical (unpaired) electrons. The van der Waals surface area contributed by atoms with Gasteiger partial charge in [-0.2, -0.15) is 5.10 Å². The number of aromatic nitrogens is 2. The molecule has 0 aliphatic heterocycles. The first-order valence-corrected chi connectivity index (χ1v) is 7.42. The second-order valence-corrected chi connectivity index (χ2v) is 5.59. The maximum absolute atomic E-state index is 9.41. The maximum atomic E-state index is 9.41. The third kappa shape index (κ3) is 3.19. The summed E-state index contributed by atoms with van der Waals surface area (Å²) in [7, 11) is 0. The maximum Gasteiger partial charge on any atom is 0.133 e. The number of nitrogens with zero attached hydrogens (tertiary/aromatic N) is 2. The minimum Gasteiger partial charge on any atom is -0.391 e. The second kappa shape index (κ2) is 6.55. The van der Waals surface area contributed by atoms with Crippen molar-refractivity contribution in [2.45, 2.75) is 32.9 Å². The average molecular weight is 344 g/mol. The average Bonchev–Trinajstić information content (AvgIpc) is 2.69. The highest BCUT2D eigenvalue weighted by atomic mass is 79.9. The van der Waals surface area contributed by atoms with Gasteiger partial charge in [-0.05, 0) is 18.1 Å². The van der Waals surface area contributed by atoms with Crippen molar-refractivity contribution in [2.24, 2.45) is 0 Å². The molecule has 1 N–H and O–H groups in total. The molecule has 0 fully saturated rings. The summed E-state index contributed by atoms with van der Waals surface area (Å²) in [6.07, 6.45) is 1.81. The zero-order chi connectivity index (χ0) is 13.8.